The molecule has 0 aliphatic carbocycles. The quantitative estimate of drug-likeness (QED) is 0.855. The number of carbonyl (C=O) groups is 1. The predicted molar refractivity (Wildman–Crippen MR) is 82.8 cm³/mol. The minimum atomic E-state index is -0.488. The number of amides is 1. The van der Waals surface area contributed by atoms with E-state index in [1.165, 1.54) is 0 Å². The van der Waals surface area contributed by atoms with Gasteiger partial charge in [-0.25, -0.2) is 4.79 Å². The maximum absolute atomic E-state index is 11.9. The molecule has 0 bridgehead atoms. The number of halogens is 1. The lowest BCUT2D eigenvalue weighted by molar-refractivity contribution is 0.0635. The van der Waals surface area contributed by atoms with E-state index in [-0.39, 0.29) is 0 Å². The highest BCUT2D eigenvalue weighted by molar-refractivity contribution is 9.10. The molecule has 1 aromatic carbocycles. The van der Waals surface area contributed by atoms with Crippen molar-refractivity contribution in [2.45, 2.75) is 53.1 Å². The van der Waals surface area contributed by atoms with Gasteiger partial charge in [-0.3, -0.25) is 5.32 Å². The van der Waals surface area contributed by atoms with Crippen LogP contribution in [0.25, 0.3) is 0 Å². The van der Waals surface area contributed by atoms with Crippen LogP contribution in [-0.4, -0.2) is 11.7 Å². The molecule has 1 N–H and O–H groups in total. The lowest BCUT2D eigenvalue weighted by Gasteiger charge is -2.21. The predicted octanol–water partition coefficient (Wildman–Crippen LogP) is 4.92. The number of carbonyl (C=O) groups excluding carboxylic acids is 1. The number of rotatable bonds is 3. The van der Waals surface area contributed by atoms with Crippen molar-refractivity contribution < 1.29 is 9.53 Å². The summed E-state index contributed by atoms with van der Waals surface area (Å²) in [4.78, 5) is 11.9. The highest BCUT2D eigenvalue weighted by atomic mass is 79.9. The van der Waals surface area contributed by atoms with Crippen molar-refractivity contribution in [3.63, 3.8) is 0 Å². The maximum Gasteiger partial charge on any atom is 0.412 e. The van der Waals surface area contributed by atoms with Gasteiger partial charge in [-0.2, -0.15) is 0 Å². The largest absolute Gasteiger partial charge is 0.444 e. The van der Waals surface area contributed by atoms with Gasteiger partial charge in [0.05, 0.1) is 5.69 Å². The van der Waals surface area contributed by atoms with Crippen LogP contribution in [0.5, 0.6) is 0 Å². The monoisotopic (exact) mass is 327 g/mol. The van der Waals surface area contributed by atoms with Gasteiger partial charge in [-0.1, -0.05) is 29.8 Å². The van der Waals surface area contributed by atoms with Crippen molar-refractivity contribution in [3.05, 3.63) is 27.7 Å². The third-order valence-electron chi connectivity index (χ3n) is 2.65. The lowest BCUT2D eigenvalue weighted by Crippen LogP contribution is -2.27. The van der Waals surface area contributed by atoms with E-state index in [2.05, 4.69) is 35.1 Å². The Kier molecular flexibility index (Phi) is 5.41. The van der Waals surface area contributed by atoms with Gasteiger partial charge in [0.25, 0.3) is 0 Å². The van der Waals surface area contributed by atoms with Gasteiger partial charge >= 0.3 is 6.09 Å². The zero-order valence-corrected chi connectivity index (χ0v) is 13.8. The summed E-state index contributed by atoms with van der Waals surface area (Å²) in [5.74, 6) is 0. The summed E-state index contributed by atoms with van der Waals surface area (Å²) in [6.07, 6.45) is 1.31. The Morgan fingerprint density at radius 1 is 1.21 bits per heavy atom. The van der Waals surface area contributed by atoms with Crippen LogP contribution in [0.1, 0.15) is 45.7 Å². The van der Waals surface area contributed by atoms with Crippen molar-refractivity contribution in [3.8, 4) is 0 Å². The second-order valence-corrected chi connectivity index (χ2v) is 6.35. The van der Waals surface area contributed by atoms with E-state index in [0.29, 0.717) is 0 Å². The number of hydrogen-bond acceptors (Lipinski definition) is 2. The van der Waals surface area contributed by atoms with Crippen LogP contribution >= 0.6 is 15.9 Å². The van der Waals surface area contributed by atoms with Crippen LogP contribution in [0, 0.1) is 0 Å². The van der Waals surface area contributed by atoms with Crippen LogP contribution < -0.4 is 5.32 Å². The molecule has 1 aromatic rings. The Balaban J connectivity index is 3.02. The molecule has 0 saturated carbocycles. The average Bonchev–Trinajstić information content (AvgIpc) is 2.28. The van der Waals surface area contributed by atoms with E-state index in [4.69, 9.17) is 4.74 Å². The number of benzene rings is 1. The highest BCUT2D eigenvalue weighted by Gasteiger charge is 2.18. The average molecular weight is 328 g/mol. The van der Waals surface area contributed by atoms with E-state index in [0.717, 1.165) is 34.1 Å². The van der Waals surface area contributed by atoms with E-state index in [9.17, 15) is 4.79 Å². The van der Waals surface area contributed by atoms with Crippen molar-refractivity contribution in [2.24, 2.45) is 0 Å². The molecule has 1 amide bonds. The molecule has 0 aliphatic heterocycles. The number of anilines is 1. The highest BCUT2D eigenvalue weighted by Crippen LogP contribution is 2.28. The van der Waals surface area contributed by atoms with Gasteiger partial charge in [0.2, 0.25) is 0 Å². The molecule has 19 heavy (non-hydrogen) atoms. The van der Waals surface area contributed by atoms with Crippen molar-refractivity contribution in [1.82, 2.24) is 0 Å². The van der Waals surface area contributed by atoms with Gasteiger partial charge in [0.15, 0.2) is 0 Å². The van der Waals surface area contributed by atoms with Gasteiger partial charge in [-0.15, -0.1) is 0 Å². The van der Waals surface area contributed by atoms with E-state index in [1.54, 1.807) is 0 Å². The molecule has 0 spiro atoms. The first-order valence-electron chi connectivity index (χ1n) is 6.58. The molecule has 4 heteroatoms. The topological polar surface area (TPSA) is 38.3 Å². The smallest absolute Gasteiger partial charge is 0.412 e. The Bertz CT molecular complexity index is 439. The molecule has 1 rings (SSSR count). The van der Waals surface area contributed by atoms with Gasteiger partial charge in [0.1, 0.15) is 5.60 Å². The number of aryl methyl sites for hydroxylation is 2. The maximum atomic E-state index is 11.9. The third kappa shape index (κ3) is 4.86. The van der Waals surface area contributed by atoms with Gasteiger partial charge in [0, 0.05) is 4.47 Å². The summed E-state index contributed by atoms with van der Waals surface area (Å²) in [5.41, 5.74) is 2.61. The Labute approximate surface area is 123 Å². The van der Waals surface area contributed by atoms with Crippen molar-refractivity contribution in [2.75, 3.05) is 5.32 Å². The summed E-state index contributed by atoms with van der Waals surface area (Å²) < 4.78 is 6.35. The molecule has 0 saturated heterocycles. The molecular weight excluding hydrogens is 306 g/mol. The molecule has 0 fully saturated rings. The first kappa shape index (κ1) is 16.0. The van der Waals surface area contributed by atoms with Crippen LogP contribution in [0.4, 0.5) is 10.5 Å². The molecule has 3 nitrogen and oxygen atoms in total. The summed E-state index contributed by atoms with van der Waals surface area (Å²) >= 11 is 3.50. The first-order chi connectivity index (χ1) is 8.76. The van der Waals surface area contributed by atoms with Gasteiger partial charge < -0.3 is 4.74 Å². The molecule has 0 aromatic heterocycles. The number of hydrogen-bond donors (Lipinski definition) is 1. The Hall–Kier alpha value is -1.03. The van der Waals surface area contributed by atoms with Crippen LogP contribution in [-0.2, 0) is 17.6 Å². The minimum absolute atomic E-state index is 0.403. The fourth-order valence-electron chi connectivity index (χ4n) is 1.85. The van der Waals surface area contributed by atoms with E-state index in [1.807, 2.05) is 32.9 Å². The summed E-state index contributed by atoms with van der Waals surface area (Å²) in [7, 11) is 0. The van der Waals surface area contributed by atoms with Crippen LogP contribution in [0.15, 0.2) is 16.6 Å². The molecular formula is C15H22BrNO2. The van der Waals surface area contributed by atoms with Crippen molar-refractivity contribution >= 4 is 27.7 Å². The molecule has 106 valence electrons. The molecule has 0 radical (unpaired) electrons. The summed E-state index contributed by atoms with van der Waals surface area (Å²) in [5, 5.41) is 2.88. The Morgan fingerprint density at radius 2 is 1.68 bits per heavy atom. The SMILES string of the molecule is CCc1cc(Br)cc(CC)c1NC(=O)OC(C)(C)C. The number of nitrogens with one attached hydrogen (secondary N) is 1. The Morgan fingerprint density at radius 3 is 2.05 bits per heavy atom. The van der Waals surface area contributed by atoms with E-state index < -0.39 is 11.7 Å². The van der Waals surface area contributed by atoms with Gasteiger partial charge in [-0.05, 0) is 56.9 Å². The van der Waals surface area contributed by atoms with E-state index >= 15 is 0 Å². The second kappa shape index (κ2) is 6.42. The minimum Gasteiger partial charge on any atom is -0.444 e. The standard InChI is InChI=1S/C15H22BrNO2/c1-6-10-8-12(16)9-11(7-2)13(10)17-14(18)19-15(3,4)5/h8-9H,6-7H2,1-5H3,(H,17,18). The fraction of sp³-hybridized carbons (Fsp3) is 0.533. The number of ether oxygens (including phenoxy) is 1. The van der Waals surface area contributed by atoms with Crippen LogP contribution in [0.2, 0.25) is 0 Å². The zero-order chi connectivity index (χ0) is 14.6. The molecule has 0 aliphatic rings. The zero-order valence-electron chi connectivity index (χ0n) is 12.3. The van der Waals surface area contributed by atoms with Crippen molar-refractivity contribution in [1.29, 1.82) is 0 Å². The fourth-order valence-corrected chi connectivity index (χ4v) is 2.40. The molecule has 0 heterocycles. The molecule has 0 atom stereocenters. The molecule has 0 unspecified atom stereocenters. The summed E-state index contributed by atoms with van der Waals surface area (Å²) in [6, 6.07) is 4.07. The lowest BCUT2D eigenvalue weighted by atomic mass is 10.0. The normalized spacial score (nSPS) is 11.3. The second-order valence-electron chi connectivity index (χ2n) is 5.43. The summed E-state index contributed by atoms with van der Waals surface area (Å²) in [6.45, 7) is 9.71. The first-order valence-corrected chi connectivity index (χ1v) is 7.37. The third-order valence-corrected chi connectivity index (χ3v) is 3.11. The van der Waals surface area contributed by atoms with Crippen LogP contribution in [0.3, 0.4) is 0 Å².